The molecule has 0 atom stereocenters. The molecule has 4 heteroatoms. The maximum atomic E-state index is 5.12. The number of aromatic nitrogens is 1. The van der Waals surface area contributed by atoms with Crippen LogP contribution < -0.4 is 5.32 Å². The lowest BCUT2D eigenvalue weighted by molar-refractivity contribution is 0.385. The third-order valence-electron chi connectivity index (χ3n) is 2.65. The minimum Gasteiger partial charge on any atom is -0.361 e. The molecule has 1 aromatic heterocycles. The van der Waals surface area contributed by atoms with Gasteiger partial charge in [-0.05, 0) is 38.6 Å². The summed E-state index contributed by atoms with van der Waals surface area (Å²) in [6.45, 7) is 6.38. The van der Waals surface area contributed by atoms with Gasteiger partial charge in [0.05, 0.1) is 5.69 Å². The molecule has 2 heterocycles. The molecular formula is C10H16N2OS. The molecule has 1 aromatic rings. The van der Waals surface area contributed by atoms with E-state index in [1.54, 1.807) is 0 Å². The van der Waals surface area contributed by atoms with E-state index >= 15 is 0 Å². The van der Waals surface area contributed by atoms with E-state index < -0.39 is 0 Å². The van der Waals surface area contributed by atoms with Gasteiger partial charge >= 0.3 is 0 Å². The van der Waals surface area contributed by atoms with Crippen LogP contribution in [0.5, 0.6) is 0 Å². The molecule has 2 rings (SSSR count). The monoisotopic (exact) mass is 212 g/mol. The lowest BCUT2D eigenvalue weighted by Gasteiger charge is -2.26. The Morgan fingerprint density at radius 1 is 1.50 bits per heavy atom. The summed E-state index contributed by atoms with van der Waals surface area (Å²) in [5.41, 5.74) is 2.32. The van der Waals surface area contributed by atoms with Crippen LogP contribution in [-0.2, 0) is 5.75 Å². The van der Waals surface area contributed by atoms with Crippen LogP contribution in [0.2, 0.25) is 0 Å². The van der Waals surface area contributed by atoms with E-state index in [-0.39, 0.29) is 0 Å². The van der Waals surface area contributed by atoms with E-state index in [1.165, 1.54) is 24.4 Å². The van der Waals surface area contributed by atoms with Crippen molar-refractivity contribution in [3.63, 3.8) is 0 Å². The van der Waals surface area contributed by atoms with Gasteiger partial charge in [-0.2, -0.15) is 11.8 Å². The Balaban J connectivity index is 1.79. The molecule has 1 aliphatic rings. The summed E-state index contributed by atoms with van der Waals surface area (Å²) in [6, 6.07) is 0. The summed E-state index contributed by atoms with van der Waals surface area (Å²) in [5.74, 6) is 4.14. The fraction of sp³-hybridized carbons (Fsp3) is 0.700. The van der Waals surface area contributed by atoms with Crippen molar-refractivity contribution in [2.24, 2.45) is 5.92 Å². The van der Waals surface area contributed by atoms with Crippen molar-refractivity contribution in [3.8, 4) is 0 Å². The molecule has 78 valence electrons. The highest BCUT2D eigenvalue weighted by Crippen LogP contribution is 2.22. The van der Waals surface area contributed by atoms with E-state index in [0.717, 1.165) is 23.1 Å². The molecule has 0 spiro atoms. The highest BCUT2D eigenvalue weighted by Gasteiger charge is 2.17. The zero-order valence-corrected chi connectivity index (χ0v) is 9.49. The van der Waals surface area contributed by atoms with E-state index in [2.05, 4.69) is 10.5 Å². The first-order valence-corrected chi connectivity index (χ1v) is 6.13. The summed E-state index contributed by atoms with van der Waals surface area (Å²) in [4.78, 5) is 0. The van der Waals surface area contributed by atoms with Crippen molar-refractivity contribution in [1.29, 1.82) is 0 Å². The van der Waals surface area contributed by atoms with Crippen LogP contribution in [0.4, 0.5) is 0 Å². The van der Waals surface area contributed by atoms with Gasteiger partial charge in [0.15, 0.2) is 0 Å². The summed E-state index contributed by atoms with van der Waals surface area (Å²) in [5, 5.41) is 7.23. The van der Waals surface area contributed by atoms with Gasteiger partial charge in [-0.15, -0.1) is 0 Å². The van der Waals surface area contributed by atoms with Crippen LogP contribution >= 0.6 is 11.8 Å². The second-order valence-electron chi connectivity index (χ2n) is 3.84. The Morgan fingerprint density at radius 2 is 2.29 bits per heavy atom. The van der Waals surface area contributed by atoms with Crippen LogP contribution in [0.3, 0.4) is 0 Å². The Hall–Kier alpha value is -0.480. The van der Waals surface area contributed by atoms with Gasteiger partial charge in [-0.25, -0.2) is 0 Å². The second-order valence-corrected chi connectivity index (χ2v) is 4.87. The lowest BCUT2D eigenvalue weighted by atomic mass is 10.1. The minimum absolute atomic E-state index is 0.875. The largest absolute Gasteiger partial charge is 0.361 e. The first-order chi connectivity index (χ1) is 6.77. The predicted octanol–water partition coefficient (Wildman–Crippen LogP) is 1.74. The van der Waals surface area contributed by atoms with Crippen LogP contribution in [0.15, 0.2) is 4.52 Å². The van der Waals surface area contributed by atoms with Gasteiger partial charge < -0.3 is 9.84 Å². The van der Waals surface area contributed by atoms with Gasteiger partial charge in [0.1, 0.15) is 5.76 Å². The number of hydrogen-bond donors (Lipinski definition) is 1. The molecule has 1 aliphatic heterocycles. The first-order valence-electron chi connectivity index (χ1n) is 4.97. The fourth-order valence-corrected chi connectivity index (χ4v) is 2.81. The molecule has 1 fully saturated rings. The second kappa shape index (κ2) is 4.36. The quantitative estimate of drug-likeness (QED) is 0.825. The minimum atomic E-state index is 0.875. The Kier molecular flexibility index (Phi) is 3.13. The van der Waals surface area contributed by atoms with Crippen LogP contribution in [0, 0.1) is 19.8 Å². The Labute approximate surface area is 88.6 Å². The topological polar surface area (TPSA) is 38.1 Å². The number of nitrogens with one attached hydrogen (secondary N) is 1. The van der Waals surface area contributed by atoms with Crippen molar-refractivity contribution in [1.82, 2.24) is 10.5 Å². The van der Waals surface area contributed by atoms with Crippen LogP contribution in [0.1, 0.15) is 17.0 Å². The zero-order valence-electron chi connectivity index (χ0n) is 8.67. The Bertz CT molecular complexity index is 288. The van der Waals surface area contributed by atoms with E-state index in [0.29, 0.717) is 0 Å². The number of aryl methyl sites for hydroxylation is 2. The van der Waals surface area contributed by atoms with Crippen molar-refractivity contribution in [2.45, 2.75) is 19.6 Å². The lowest BCUT2D eigenvalue weighted by Crippen LogP contribution is -2.43. The average Bonchev–Trinajstić information content (AvgIpc) is 2.39. The average molecular weight is 212 g/mol. The summed E-state index contributed by atoms with van der Waals surface area (Å²) < 4.78 is 5.12. The molecular weight excluding hydrogens is 196 g/mol. The molecule has 0 amide bonds. The molecule has 1 N–H and O–H groups in total. The highest BCUT2D eigenvalue weighted by molar-refractivity contribution is 7.98. The normalized spacial score (nSPS) is 17.0. The van der Waals surface area contributed by atoms with E-state index in [4.69, 9.17) is 4.52 Å². The molecule has 0 radical (unpaired) electrons. The number of thioether (sulfide) groups is 1. The molecule has 3 nitrogen and oxygen atoms in total. The molecule has 0 aromatic carbocycles. The summed E-state index contributed by atoms with van der Waals surface area (Å²) in [7, 11) is 0. The zero-order chi connectivity index (χ0) is 9.97. The molecule has 14 heavy (non-hydrogen) atoms. The van der Waals surface area contributed by atoms with Gasteiger partial charge in [-0.1, -0.05) is 5.16 Å². The molecule has 0 unspecified atom stereocenters. The number of hydrogen-bond acceptors (Lipinski definition) is 4. The molecule has 0 bridgehead atoms. The van der Waals surface area contributed by atoms with Crippen LogP contribution in [0.25, 0.3) is 0 Å². The van der Waals surface area contributed by atoms with E-state index in [1.807, 2.05) is 25.6 Å². The number of nitrogens with zero attached hydrogens (tertiary/aromatic N) is 1. The standard InChI is InChI=1S/C10H16N2OS/c1-7-10(8(2)13-12-7)6-14-5-9-3-11-4-9/h9,11H,3-6H2,1-2H3. The third-order valence-corrected chi connectivity index (χ3v) is 3.85. The SMILES string of the molecule is Cc1noc(C)c1CSCC1CNC1. The Morgan fingerprint density at radius 3 is 2.79 bits per heavy atom. The smallest absolute Gasteiger partial charge is 0.137 e. The van der Waals surface area contributed by atoms with Crippen LogP contribution in [-0.4, -0.2) is 24.0 Å². The fourth-order valence-electron chi connectivity index (χ4n) is 1.50. The van der Waals surface area contributed by atoms with Crippen molar-refractivity contribution in [3.05, 3.63) is 17.0 Å². The van der Waals surface area contributed by atoms with Gasteiger partial charge in [0.25, 0.3) is 0 Å². The molecule has 1 saturated heterocycles. The van der Waals surface area contributed by atoms with Crippen molar-refractivity contribution in [2.75, 3.05) is 18.8 Å². The first kappa shape index (κ1) is 10.1. The number of rotatable bonds is 4. The maximum Gasteiger partial charge on any atom is 0.137 e. The van der Waals surface area contributed by atoms with E-state index in [9.17, 15) is 0 Å². The van der Waals surface area contributed by atoms with Gasteiger partial charge in [0.2, 0.25) is 0 Å². The summed E-state index contributed by atoms with van der Waals surface area (Å²) >= 11 is 1.98. The van der Waals surface area contributed by atoms with Crippen molar-refractivity contribution >= 4 is 11.8 Å². The maximum absolute atomic E-state index is 5.12. The van der Waals surface area contributed by atoms with Gasteiger partial charge in [0, 0.05) is 11.3 Å². The highest BCUT2D eigenvalue weighted by atomic mass is 32.2. The van der Waals surface area contributed by atoms with Gasteiger partial charge in [-0.3, -0.25) is 0 Å². The molecule has 0 aliphatic carbocycles. The summed E-state index contributed by atoms with van der Waals surface area (Å²) in [6.07, 6.45) is 0. The molecule has 0 saturated carbocycles. The predicted molar refractivity (Wildman–Crippen MR) is 58.5 cm³/mol. The third kappa shape index (κ3) is 2.12. The van der Waals surface area contributed by atoms with Crippen molar-refractivity contribution < 1.29 is 4.52 Å².